The molecule has 0 spiro atoms. The van der Waals surface area contributed by atoms with Gasteiger partial charge in [0.2, 0.25) is 0 Å². The summed E-state index contributed by atoms with van der Waals surface area (Å²) < 4.78 is 13.3. The van der Waals surface area contributed by atoms with Crippen LogP contribution in [-0.4, -0.2) is 30.1 Å². The van der Waals surface area contributed by atoms with Crippen LogP contribution in [0.25, 0.3) is 0 Å². The summed E-state index contributed by atoms with van der Waals surface area (Å²) in [6.07, 6.45) is 1.10. The number of hydrogen-bond donors (Lipinski definition) is 1. The first-order valence-corrected chi connectivity index (χ1v) is 6.39. The van der Waals surface area contributed by atoms with E-state index in [4.69, 9.17) is 11.6 Å². The summed E-state index contributed by atoms with van der Waals surface area (Å²) in [4.78, 5) is 2.42. The molecule has 1 aliphatic heterocycles. The highest BCUT2D eigenvalue weighted by molar-refractivity contribution is 6.30. The molecule has 0 aliphatic carbocycles. The highest BCUT2D eigenvalue weighted by atomic mass is 35.5. The van der Waals surface area contributed by atoms with Gasteiger partial charge in [-0.15, -0.1) is 0 Å². The predicted octanol–water partition coefficient (Wildman–Crippen LogP) is 3.37. The first kappa shape index (κ1) is 12.7. The summed E-state index contributed by atoms with van der Waals surface area (Å²) in [5, 5.41) is 3.53. The van der Waals surface area contributed by atoms with Gasteiger partial charge in [0.25, 0.3) is 0 Å². The summed E-state index contributed by atoms with van der Waals surface area (Å²) >= 11 is 5.65. The van der Waals surface area contributed by atoms with Crippen molar-refractivity contribution < 1.29 is 4.39 Å². The second kappa shape index (κ2) is 5.23. The molecular weight excluding hydrogens is 239 g/mol. The maximum absolute atomic E-state index is 13.3. The molecule has 1 unspecified atom stereocenters. The van der Waals surface area contributed by atoms with Crippen LogP contribution >= 0.6 is 11.6 Å². The van der Waals surface area contributed by atoms with Gasteiger partial charge in [-0.25, -0.2) is 4.39 Å². The number of anilines is 1. The zero-order valence-electron chi connectivity index (χ0n) is 10.2. The summed E-state index contributed by atoms with van der Waals surface area (Å²) in [6.45, 7) is 6.52. The molecule has 1 atom stereocenters. The van der Waals surface area contributed by atoms with E-state index in [9.17, 15) is 4.39 Å². The fraction of sp³-hybridized carbons (Fsp3) is 0.538. The molecule has 0 saturated carbocycles. The molecule has 94 valence electrons. The van der Waals surface area contributed by atoms with E-state index in [1.807, 2.05) is 6.07 Å². The number of nitrogens with zero attached hydrogens (tertiary/aromatic N) is 1. The zero-order valence-corrected chi connectivity index (χ0v) is 11.0. The van der Waals surface area contributed by atoms with Crippen molar-refractivity contribution >= 4 is 17.3 Å². The van der Waals surface area contributed by atoms with Gasteiger partial charge in [0.1, 0.15) is 5.82 Å². The molecular formula is C13H18ClFN2. The third kappa shape index (κ3) is 3.11. The lowest BCUT2D eigenvalue weighted by Gasteiger charge is -2.20. The minimum Gasteiger partial charge on any atom is -0.381 e. The lowest BCUT2D eigenvalue weighted by Crippen LogP contribution is -2.31. The van der Waals surface area contributed by atoms with Crippen molar-refractivity contribution in [2.45, 2.75) is 32.4 Å². The van der Waals surface area contributed by atoms with Crippen LogP contribution in [0.5, 0.6) is 0 Å². The zero-order chi connectivity index (χ0) is 12.4. The van der Waals surface area contributed by atoms with Crippen LogP contribution in [0.2, 0.25) is 5.02 Å². The van der Waals surface area contributed by atoms with Crippen LogP contribution < -0.4 is 5.32 Å². The third-order valence-corrected chi connectivity index (χ3v) is 3.55. The second-order valence-corrected chi connectivity index (χ2v) is 5.25. The molecule has 1 saturated heterocycles. The minimum atomic E-state index is -0.365. The standard InChI is InChI=1S/C13H18ClFN2/c1-9(2)17-6-5-11(8-17)16-10-3-4-12(14)13(15)7-10/h3-4,7,9,11,16H,5-6,8H2,1-2H3. The number of nitrogens with one attached hydrogen (secondary N) is 1. The lowest BCUT2D eigenvalue weighted by atomic mass is 10.2. The number of rotatable bonds is 3. The van der Waals surface area contributed by atoms with Crippen molar-refractivity contribution in [3.8, 4) is 0 Å². The van der Waals surface area contributed by atoms with Crippen molar-refractivity contribution in [2.24, 2.45) is 0 Å². The Morgan fingerprint density at radius 3 is 2.82 bits per heavy atom. The highest BCUT2D eigenvalue weighted by Crippen LogP contribution is 2.21. The average Bonchev–Trinajstić information content (AvgIpc) is 2.72. The second-order valence-electron chi connectivity index (χ2n) is 4.85. The van der Waals surface area contributed by atoms with E-state index < -0.39 is 0 Å². The Balaban J connectivity index is 1.96. The fourth-order valence-electron chi connectivity index (χ4n) is 2.20. The molecule has 1 fully saturated rings. The monoisotopic (exact) mass is 256 g/mol. The molecule has 0 radical (unpaired) electrons. The maximum Gasteiger partial charge on any atom is 0.143 e. The molecule has 17 heavy (non-hydrogen) atoms. The number of halogens is 2. The average molecular weight is 257 g/mol. The molecule has 1 aromatic carbocycles. The topological polar surface area (TPSA) is 15.3 Å². The number of benzene rings is 1. The molecule has 4 heteroatoms. The van der Waals surface area contributed by atoms with E-state index in [0.29, 0.717) is 12.1 Å². The van der Waals surface area contributed by atoms with Gasteiger partial charge in [-0.2, -0.15) is 0 Å². The lowest BCUT2D eigenvalue weighted by molar-refractivity contribution is 0.274. The van der Waals surface area contributed by atoms with Crippen molar-refractivity contribution in [3.63, 3.8) is 0 Å². The third-order valence-electron chi connectivity index (χ3n) is 3.24. The van der Waals surface area contributed by atoms with Gasteiger partial charge < -0.3 is 5.32 Å². The van der Waals surface area contributed by atoms with E-state index >= 15 is 0 Å². The van der Waals surface area contributed by atoms with Crippen LogP contribution in [0.4, 0.5) is 10.1 Å². The molecule has 1 aromatic rings. The summed E-state index contributed by atoms with van der Waals surface area (Å²) in [5.41, 5.74) is 0.808. The van der Waals surface area contributed by atoms with E-state index in [0.717, 1.165) is 25.2 Å². The van der Waals surface area contributed by atoms with Crippen LogP contribution in [0, 0.1) is 5.82 Å². The Kier molecular flexibility index (Phi) is 3.89. The predicted molar refractivity (Wildman–Crippen MR) is 70.1 cm³/mol. The Morgan fingerprint density at radius 2 is 2.24 bits per heavy atom. The molecule has 0 aromatic heterocycles. The molecule has 2 rings (SSSR count). The van der Waals surface area contributed by atoms with Crippen molar-refractivity contribution in [2.75, 3.05) is 18.4 Å². The largest absolute Gasteiger partial charge is 0.381 e. The van der Waals surface area contributed by atoms with E-state index in [-0.39, 0.29) is 10.8 Å². The molecule has 1 aliphatic rings. The molecule has 1 heterocycles. The first-order chi connectivity index (χ1) is 8.06. The van der Waals surface area contributed by atoms with E-state index in [1.165, 1.54) is 6.07 Å². The van der Waals surface area contributed by atoms with Gasteiger partial charge in [-0.3, -0.25) is 4.90 Å². The molecule has 2 nitrogen and oxygen atoms in total. The summed E-state index contributed by atoms with van der Waals surface area (Å²) in [5.74, 6) is -0.365. The summed E-state index contributed by atoms with van der Waals surface area (Å²) in [6, 6.07) is 5.85. The van der Waals surface area contributed by atoms with Gasteiger partial charge in [-0.05, 0) is 38.5 Å². The van der Waals surface area contributed by atoms with Crippen molar-refractivity contribution in [1.82, 2.24) is 4.90 Å². The SMILES string of the molecule is CC(C)N1CCC(Nc2ccc(Cl)c(F)c2)C1. The maximum atomic E-state index is 13.3. The van der Waals surface area contributed by atoms with E-state index in [1.54, 1.807) is 6.07 Å². The Hall–Kier alpha value is -0.800. The van der Waals surface area contributed by atoms with Gasteiger partial charge in [-0.1, -0.05) is 11.6 Å². The number of hydrogen-bond acceptors (Lipinski definition) is 2. The van der Waals surface area contributed by atoms with Gasteiger partial charge in [0.05, 0.1) is 5.02 Å². The minimum absolute atomic E-state index is 0.172. The first-order valence-electron chi connectivity index (χ1n) is 6.02. The molecule has 0 amide bonds. The normalized spacial score (nSPS) is 21.1. The van der Waals surface area contributed by atoms with Crippen LogP contribution in [0.3, 0.4) is 0 Å². The molecule has 1 N–H and O–H groups in total. The Morgan fingerprint density at radius 1 is 1.47 bits per heavy atom. The smallest absolute Gasteiger partial charge is 0.143 e. The van der Waals surface area contributed by atoms with Crippen LogP contribution in [0.15, 0.2) is 18.2 Å². The van der Waals surface area contributed by atoms with E-state index in [2.05, 4.69) is 24.1 Å². The van der Waals surface area contributed by atoms with Crippen LogP contribution in [-0.2, 0) is 0 Å². The van der Waals surface area contributed by atoms with Crippen LogP contribution in [0.1, 0.15) is 20.3 Å². The van der Waals surface area contributed by atoms with Gasteiger partial charge >= 0.3 is 0 Å². The Bertz CT molecular complexity index is 395. The van der Waals surface area contributed by atoms with Crippen molar-refractivity contribution in [3.05, 3.63) is 29.0 Å². The Labute approximate surface area is 107 Å². The fourth-order valence-corrected chi connectivity index (χ4v) is 2.31. The summed E-state index contributed by atoms with van der Waals surface area (Å²) in [7, 11) is 0. The van der Waals surface area contributed by atoms with Gasteiger partial charge in [0.15, 0.2) is 0 Å². The van der Waals surface area contributed by atoms with Crippen molar-refractivity contribution in [1.29, 1.82) is 0 Å². The van der Waals surface area contributed by atoms with Gasteiger partial charge in [0, 0.05) is 30.9 Å². The number of likely N-dealkylation sites (tertiary alicyclic amines) is 1. The quantitative estimate of drug-likeness (QED) is 0.892. The highest BCUT2D eigenvalue weighted by Gasteiger charge is 2.23. The molecule has 0 bridgehead atoms.